The largest absolute Gasteiger partial charge is 0.481 e. The molecule has 0 radical (unpaired) electrons. The molecule has 0 aromatic heterocycles. The zero-order chi connectivity index (χ0) is 11.9. The van der Waals surface area contributed by atoms with Crippen LogP contribution in [-0.4, -0.2) is 11.1 Å². The summed E-state index contributed by atoms with van der Waals surface area (Å²) in [4.78, 5) is 11.4. The van der Waals surface area contributed by atoms with E-state index in [1.807, 2.05) is 6.92 Å². The fourth-order valence-corrected chi connectivity index (χ4v) is 2.51. The van der Waals surface area contributed by atoms with Crippen LogP contribution in [0.1, 0.15) is 66.2 Å². The Morgan fingerprint density at radius 1 is 1.27 bits per heavy atom. The summed E-state index contributed by atoms with van der Waals surface area (Å²) < 4.78 is 0. The maximum absolute atomic E-state index is 11.4. The Morgan fingerprint density at radius 2 is 1.87 bits per heavy atom. The van der Waals surface area contributed by atoms with Gasteiger partial charge >= 0.3 is 5.97 Å². The standard InChI is InChI=1S/C13H26O2/c1-5-8-11(4)10-13(7-3,9-6-2)12(14)15/h11H,5-10H2,1-4H3,(H,14,15). The molecule has 0 bridgehead atoms. The number of hydrogen-bond acceptors (Lipinski definition) is 1. The maximum atomic E-state index is 11.4. The molecule has 2 unspecified atom stereocenters. The Kier molecular flexibility index (Phi) is 6.62. The third-order valence-electron chi connectivity index (χ3n) is 3.38. The van der Waals surface area contributed by atoms with Crippen molar-refractivity contribution < 1.29 is 9.90 Å². The van der Waals surface area contributed by atoms with Gasteiger partial charge in [-0.05, 0) is 25.2 Å². The third-order valence-corrected chi connectivity index (χ3v) is 3.38. The Morgan fingerprint density at radius 3 is 2.20 bits per heavy atom. The fourth-order valence-electron chi connectivity index (χ4n) is 2.51. The first kappa shape index (κ1) is 14.5. The minimum atomic E-state index is -0.602. The Balaban J connectivity index is 4.53. The van der Waals surface area contributed by atoms with Crippen LogP contribution in [0.4, 0.5) is 0 Å². The monoisotopic (exact) mass is 214 g/mol. The van der Waals surface area contributed by atoms with Crippen molar-refractivity contribution in [3.8, 4) is 0 Å². The van der Waals surface area contributed by atoms with E-state index in [9.17, 15) is 9.90 Å². The highest BCUT2D eigenvalue weighted by atomic mass is 16.4. The van der Waals surface area contributed by atoms with E-state index in [0.29, 0.717) is 5.92 Å². The second-order valence-corrected chi connectivity index (χ2v) is 4.79. The van der Waals surface area contributed by atoms with E-state index >= 15 is 0 Å². The molecule has 0 aliphatic heterocycles. The highest BCUT2D eigenvalue weighted by Crippen LogP contribution is 2.36. The lowest BCUT2D eigenvalue weighted by atomic mass is 9.73. The van der Waals surface area contributed by atoms with Crippen molar-refractivity contribution >= 4 is 5.97 Å². The fraction of sp³-hybridized carbons (Fsp3) is 0.923. The average Bonchev–Trinajstić information content (AvgIpc) is 2.17. The van der Waals surface area contributed by atoms with Gasteiger partial charge in [-0.2, -0.15) is 0 Å². The van der Waals surface area contributed by atoms with Gasteiger partial charge in [-0.25, -0.2) is 0 Å². The zero-order valence-corrected chi connectivity index (χ0v) is 10.7. The maximum Gasteiger partial charge on any atom is 0.309 e. The van der Waals surface area contributed by atoms with Crippen LogP contribution in [0.2, 0.25) is 0 Å². The van der Waals surface area contributed by atoms with E-state index in [2.05, 4.69) is 20.8 Å². The molecule has 0 aliphatic carbocycles. The van der Waals surface area contributed by atoms with E-state index in [-0.39, 0.29) is 0 Å². The summed E-state index contributed by atoms with van der Waals surface area (Å²) in [6.45, 7) is 8.40. The van der Waals surface area contributed by atoms with E-state index in [0.717, 1.165) is 38.5 Å². The summed E-state index contributed by atoms with van der Waals surface area (Å²) in [6, 6.07) is 0. The van der Waals surface area contributed by atoms with Crippen molar-refractivity contribution in [3.63, 3.8) is 0 Å². The lowest BCUT2D eigenvalue weighted by Crippen LogP contribution is -2.32. The van der Waals surface area contributed by atoms with Gasteiger partial charge in [0.25, 0.3) is 0 Å². The molecule has 1 N–H and O–H groups in total. The third kappa shape index (κ3) is 4.23. The molecule has 0 heterocycles. The first-order chi connectivity index (χ1) is 7.02. The molecule has 15 heavy (non-hydrogen) atoms. The molecule has 0 amide bonds. The molecule has 0 fully saturated rings. The Hall–Kier alpha value is -0.530. The van der Waals surface area contributed by atoms with Gasteiger partial charge in [0.05, 0.1) is 5.41 Å². The summed E-state index contributed by atoms with van der Waals surface area (Å²) in [6.07, 6.45) is 5.64. The lowest BCUT2D eigenvalue weighted by Gasteiger charge is -2.30. The summed E-state index contributed by atoms with van der Waals surface area (Å²) in [5.74, 6) is -0.0765. The summed E-state index contributed by atoms with van der Waals surface area (Å²) >= 11 is 0. The highest BCUT2D eigenvalue weighted by molar-refractivity contribution is 5.74. The number of hydrogen-bond donors (Lipinski definition) is 1. The Bertz CT molecular complexity index is 189. The van der Waals surface area contributed by atoms with Crippen LogP contribution in [-0.2, 0) is 4.79 Å². The summed E-state index contributed by atoms with van der Waals surface area (Å²) in [5, 5.41) is 9.37. The number of carbonyl (C=O) groups is 1. The van der Waals surface area contributed by atoms with Crippen LogP contribution >= 0.6 is 0 Å². The predicted molar refractivity (Wildman–Crippen MR) is 64.0 cm³/mol. The van der Waals surface area contributed by atoms with Crippen LogP contribution in [0.5, 0.6) is 0 Å². The molecular weight excluding hydrogens is 188 g/mol. The van der Waals surface area contributed by atoms with Crippen LogP contribution in [0, 0.1) is 11.3 Å². The summed E-state index contributed by atoms with van der Waals surface area (Å²) in [5.41, 5.74) is -0.469. The van der Waals surface area contributed by atoms with Gasteiger partial charge in [0.15, 0.2) is 0 Å². The number of aliphatic carboxylic acids is 1. The van der Waals surface area contributed by atoms with Crippen molar-refractivity contribution in [3.05, 3.63) is 0 Å². The molecular formula is C13H26O2. The smallest absolute Gasteiger partial charge is 0.309 e. The number of rotatable bonds is 8. The van der Waals surface area contributed by atoms with Gasteiger partial charge in [0.1, 0.15) is 0 Å². The van der Waals surface area contributed by atoms with Crippen molar-refractivity contribution in [2.75, 3.05) is 0 Å². The molecule has 2 heteroatoms. The van der Waals surface area contributed by atoms with Crippen LogP contribution in [0.15, 0.2) is 0 Å². The molecule has 2 nitrogen and oxygen atoms in total. The van der Waals surface area contributed by atoms with Crippen LogP contribution in [0.25, 0.3) is 0 Å². The number of carboxylic acid groups (broad SMARTS) is 1. The van der Waals surface area contributed by atoms with Crippen LogP contribution < -0.4 is 0 Å². The SMILES string of the molecule is CCCC(C)CC(CC)(CCC)C(=O)O. The van der Waals surface area contributed by atoms with Crippen molar-refractivity contribution in [1.82, 2.24) is 0 Å². The van der Waals surface area contributed by atoms with E-state index in [1.54, 1.807) is 0 Å². The van der Waals surface area contributed by atoms with Crippen molar-refractivity contribution in [2.24, 2.45) is 11.3 Å². The van der Waals surface area contributed by atoms with E-state index in [1.165, 1.54) is 0 Å². The summed E-state index contributed by atoms with van der Waals surface area (Å²) in [7, 11) is 0. The zero-order valence-electron chi connectivity index (χ0n) is 10.7. The van der Waals surface area contributed by atoms with Gasteiger partial charge in [-0.15, -0.1) is 0 Å². The van der Waals surface area contributed by atoms with Gasteiger partial charge in [0.2, 0.25) is 0 Å². The highest BCUT2D eigenvalue weighted by Gasteiger charge is 2.36. The lowest BCUT2D eigenvalue weighted by molar-refractivity contribution is -0.151. The van der Waals surface area contributed by atoms with E-state index < -0.39 is 11.4 Å². The van der Waals surface area contributed by atoms with Crippen molar-refractivity contribution in [2.45, 2.75) is 66.2 Å². The molecule has 0 saturated heterocycles. The second kappa shape index (κ2) is 6.86. The van der Waals surface area contributed by atoms with Crippen LogP contribution in [0.3, 0.4) is 0 Å². The minimum Gasteiger partial charge on any atom is -0.481 e. The van der Waals surface area contributed by atoms with Crippen molar-refractivity contribution in [1.29, 1.82) is 0 Å². The first-order valence-corrected chi connectivity index (χ1v) is 6.25. The first-order valence-electron chi connectivity index (χ1n) is 6.25. The molecule has 0 aromatic rings. The topological polar surface area (TPSA) is 37.3 Å². The molecule has 0 rings (SSSR count). The van der Waals surface area contributed by atoms with Gasteiger partial charge < -0.3 is 5.11 Å². The average molecular weight is 214 g/mol. The van der Waals surface area contributed by atoms with E-state index in [4.69, 9.17) is 0 Å². The molecule has 90 valence electrons. The predicted octanol–water partition coefficient (Wildman–Crippen LogP) is 4.09. The number of carboxylic acids is 1. The quantitative estimate of drug-likeness (QED) is 0.660. The minimum absolute atomic E-state index is 0.469. The molecule has 2 atom stereocenters. The van der Waals surface area contributed by atoms with Gasteiger partial charge in [-0.1, -0.05) is 47.0 Å². The van der Waals surface area contributed by atoms with Gasteiger partial charge in [0, 0.05) is 0 Å². The van der Waals surface area contributed by atoms with Gasteiger partial charge in [-0.3, -0.25) is 4.79 Å². The molecule has 0 aliphatic rings. The Labute approximate surface area is 94.1 Å². The molecule has 0 spiro atoms. The normalized spacial score (nSPS) is 17.1. The molecule has 0 saturated carbocycles. The molecule has 0 aromatic carbocycles. The second-order valence-electron chi connectivity index (χ2n) is 4.79.